The van der Waals surface area contributed by atoms with Gasteiger partial charge in [0.15, 0.2) is 5.16 Å². The van der Waals surface area contributed by atoms with Crippen molar-refractivity contribution in [3.63, 3.8) is 0 Å². The van der Waals surface area contributed by atoms with Gasteiger partial charge in [0.05, 0.1) is 22.5 Å². The summed E-state index contributed by atoms with van der Waals surface area (Å²) in [6.45, 7) is 2.79. The lowest BCUT2D eigenvalue weighted by Gasteiger charge is -2.07. The lowest BCUT2D eigenvalue weighted by Crippen LogP contribution is -2.03. The second-order valence-corrected chi connectivity index (χ2v) is 7.52. The lowest BCUT2D eigenvalue weighted by molar-refractivity contribution is 0.688. The van der Waals surface area contributed by atoms with Crippen LogP contribution in [-0.2, 0) is 12.3 Å². The van der Waals surface area contributed by atoms with E-state index in [-0.39, 0.29) is 0 Å². The number of fused-ring (bicyclic) bond motifs is 1. The number of nitrogens with zero attached hydrogens (tertiary/aromatic N) is 4. The topological polar surface area (TPSA) is 43.6 Å². The van der Waals surface area contributed by atoms with E-state index in [0.717, 1.165) is 33.8 Å². The van der Waals surface area contributed by atoms with Crippen LogP contribution in [0.4, 0.5) is 0 Å². The van der Waals surface area contributed by atoms with E-state index in [1.54, 1.807) is 23.1 Å². The Kier molecular flexibility index (Phi) is 4.32. The van der Waals surface area contributed by atoms with Crippen molar-refractivity contribution in [2.45, 2.75) is 24.4 Å². The first-order valence-electron chi connectivity index (χ1n) is 7.70. The molecule has 0 spiro atoms. The van der Waals surface area contributed by atoms with Crippen LogP contribution in [-0.4, -0.2) is 19.7 Å². The number of para-hydroxylation sites is 1. The minimum Gasteiger partial charge on any atom is -0.302 e. The number of rotatable bonds is 5. The summed E-state index contributed by atoms with van der Waals surface area (Å²) in [5, 5.41) is 10.6. The molecule has 0 aliphatic heterocycles. The number of thioether (sulfide) groups is 1. The van der Waals surface area contributed by atoms with Crippen LogP contribution in [0.3, 0.4) is 0 Å². The van der Waals surface area contributed by atoms with Crippen molar-refractivity contribution >= 4 is 33.3 Å². The smallest absolute Gasteiger partial charge is 0.191 e. The van der Waals surface area contributed by atoms with Crippen molar-refractivity contribution < 1.29 is 0 Å². The van der Waals surface area contributed by atoms with E-state index >= 15 is 0 Å². The number of aromatic nitrogens is 4. The van der Waals surface area contributed by atoms with Crippen molar-refractivity contribution in [1.29, 1.82) is 0 Å². The molecule has 0 N–H and O–H groups in total. The molecule has 2 heterocycles. The third kappa shape index (κ3) is 3.20. The molecule has 0 radical (unpaired) electrons. The highest BCUT2D eigenvalue weighted by Crippen LogP contribution is 2.28. The van der Waals surface area contributed by atoms with Crippen LogP contribution in [0.1, 0.15) is 16.4 Å². The second kappa shape index (κ2) is 6.75. The van der Waals surface area contributed by atoms with Crippen LogP contribution in [0.2, 0.25) is 0 Å². The van der Waals surface area contributed by atoms with Crippen LogP contribution in [0.15, 0.2) is 59.8 Å². The van der Waals surface area contributed by atoms with Gasteiger partial charge in [-0.05, 0) is 24.6 Å². The molecule has 4 rings (SSSR count). The Morgan fingerprint density at radius 3 is 2.62 bits per heavy atom. The molecule has 6 heteroatoms. The Labute approximate surface area is 148 Å². The summed E-state index contributed by atoms with van der Waals surface area (Å²) in [6, 6.07) is 18.7. The molecular formula is C18H16N4S2. The summed E-state index contributed by atoms with van der Waals surface area (Å²) in [5.41, 5.74) is 2.32. The molecule has 0 fully saturated rings. The molecule has 0 aliphatic rings. The van der Waals surface area contributed by atoms with Crippen molar-refractivity contribution in [1.82, 2.24) is 19.7 Å². The Hall–Kier alpha value is -2.18. The molecule has 0 bridgehead atoms. The van der Waals surface area contributed by atoms with Crippen LogP contribution in [0, 0.1) is 6.92 Å². The van der Waals surface area contributed by atoms with E-state index in [9.17, 15) is 0 Å². The second-order valence-electron chi connectivity index (χ2n) is 5.47. The molecule has 4 aromatic rings. The SMILES string of the molecule is Cc1nnc(SCc2nc3ccccc3s2)n1Cc1ccccc1. The molecule has 4 nitrogen and oxygen atoms in total. The Bertz CT molecular complexity index is 926. The van der Waals surface area contributed by atoms with Gasteiger partial charge in [0, 0.05) is 0 Å². The Morgan fingerprint density at radius 1 is 1.00 bits per heavy atom. The first kappa shape index (κ1) is 15.4. The Balaban J connectivity index is 1.52. The third-order valence-electron chi connectivity index (χ3n) is 3.75. The fraction of sp³-hybridized carbons (Fsp3) is 0.167. The highest BCUT2D eigenvalue weighted by molar-refractivity contribution is 7.98. The van der Waals surface area contributed by atoms with Crippen LogP contribution in [0.25, 0.3) is 10.2 Å². The monoisotopic (exact) mass is 352 g/mol. The largest absolute Gasteiger partial charge is 0.302 e. The van der Waals surface area contributed by atoms with Crippen LogP contribution in [0.5, 0.6) is 0 Å². The highest BCUT2D eigenvalue weighted by Gasteiger charge is 2.11. The quantitative estimate of drug-likeness (QED) is 0.495. The molecular weight excluding hydrogens is 336 g/mol. The molecule has 0 unspecified atom stereocenters. The molecule has 0 aliphatic carbocycles. The first-order chi connectivity index (χ1) is 11.8. The van der Waals surface area contributed by atoms with Crippen LogP contribution >= 0.6 is 23.1 Å². The standard InChI is InChI=1S/C18H16N4S2/c1-13-20-21-18(22(13)11-14-7-3-2-4-8-14)23-12-17-19-15-9-5-6-10-16(15)24-17/h2-10H,11-12H2,1H3. The van der Waals surface area contributed by atoms with Gasteiger partial charge in [-0.3, -0.25) is 0 Å². The van der Waals surface area contributed by atoms with Gasteiger partial charge in [-0.15, -0.1) is 21.5 Å². The highest BCUT2D eigenvalue weighted by atomic mass is 32.2. The molecule has 0 saturated carbocycles. The molecule has 0 atom stereocenters. The zero-order chi connectivity index (χ0) is 16.4. The maximum absolute atomic E-state index is 4.69. The fourth-order valence-corrected chi connectivity index (χ4v) is 4.47. The number of thiazole rings is 1. The van der Waals surface area contributed by atoms with Gasteiger partial charge in [-0.25, -0.2) is 4.98 Å². The zero-order valence-electron chi connectivity index (χ0n) is 13.2. The van der Waals surface area contributed by atoms with E-state index < -0.39 is 0 Å². The maximum atomic E-state index is 4.69. The van der Waals surface area contributed by atoms with Gasteiger partial charge in [0.2, 0.25) is 0 Å². The summed E-state index contributed by atoms with van der Waals surface area (Å²) in [4.78, 5) is 4.69. The minimum atomic E-state index is 0.794. The van der Waals surface area contributed by atoms with Gasteiger partial charge in [0.1, 0.15) is 10.8 Å². The van der Waals surface area contributed by atoms with Crippen LogP contribution < -0.4 is 0 Å². The summed E-state index contributed by atoms with van der Waals surface area (Å²) in [5.74, 6) is 1.75. The molecule has 2 aromatic carbocycles. The summed E-state index contributed by atoms with van der Waals surface area (Å²) >= 11 is 3.44. The van der Waals surface area contributed by atoms with E-state index in [1.807, 2.05) is 19.1 Å². The average molecular weight is 352 g/mol. The predicted octanol–water partition coefficient (Wildman–Crippen LogP) is 4.54. The summed E-state index contributed by atoms with van der Waals surface area (Å²) < 4.78 is 3.39. The molecule has 0 saturated heterocycles. The van der Waals surface area contributed by atoms with Gasteiger partial charge < -0.3 is 4.57 Å². The Morgan fingerprint density at radius 2 is 1.79 bits per heavy atom. The van der Waals surface area contributed by atoms with Crippen molar-refractivity contribution in [3.8, 4) is 0 Å². The van der Waals surface area contributed by atoms with Crippen molar-refractivity contribution in [2.24, 2.45) is 0 Å². The van der Waals surface area contributed by atoms with Gasteiger partial charge in [-0.1, -0.05) is 54.2 Å². The van der Waals surface area contributed by atoms with E-state index in [0.29, 0.717) is 0 Å². The van der Waals surface area contributed by atoms with Gasteiger partial charge in [-0.2, -0.15) is 0 Å². The molecule has 24 heavy (non-hydrogen) atoms. The summed E-state index contributed by atoms with van der Waals surface area (Å²) in [6.07, 6.45) is 0. The third-order valence-corrected chi connectivity index (χ3v) is 5.95. The average Bonchev–Trinajstić information content (AvgIpc) is 3.18. The molecule has 0 amide bonds. The summed E-state index contributed by atoms with van der Waals surface area (Å²) in [7, 11) is 0. The van der Waals surface area contributed by atoms with Crippen molar-refractivity contribution in [2.75, 3.05) is 0 Å². The maximum Gasteiger partial charge on any atom is 0.191 e. The minimum absolute atomic E-state index is 0.794. The molecule has 2 aromatic heterocycles. The van der Waals surface area contributed by atoms with E-state index in [4.69, 9.17) is 0 Å². The fourth-order valence-electron chi connectivity index (χ4n) is 2.52. The number of hydrogen-bond donors (Lipinski definition) is 0. The lowest BCUT2D eigenvalue weighted by atomic mass is 10.2. The number of hydrogen-bond acceptors (Lipinski definition) is 5. The van der Waals surface area contributed by atoms with Gasteiger partial charge in [0.25, 0.3) is 0 Å². The van der Waals surface area contributed by atoms with E-state index in [2.05, 4.69) is 62.2 Å². The number of aryl methyl sites for hydroxylation is 1. The number of benzene rings is 2. The normalized spacial score (nSPS) is 11.2. The van der Waals surface area contributed by atoms with E-state index in [1.165, 1.54) is 10.3 Å². The van der Waals surface area contributed by atoms with Crippen molar-refractivity contribution in [3.05, 3.63) is 71.0 Å². The molecule has 120 valence electrons. The van der Waals surface area contributed by atoms with Gasteiger partial charge >= 0.3 is 0 Å². The first-order valence-corrected chi connectivity index (χ1v) is 9.51. The zero-order valence-corrected chi connectivity index (χ0v) is 14.8. The predicted molar refractivity (Wildman–Crippen MR) is 99.5 cm³/mol.